The second-order valence-electron chi connectivity index (χ2n) is 5.77. The van der Waals surface area contributed by atoms with E-state index in [-0.39, 0.29) is 5.91 Å². The molecule has 4 heteroatoms. The van der Waals surface area contributed by atoms with Crippen LogP contribution in [0.5, 0.6) is 5.75 Å². The third-order valence-electron chi connectivity index (χ3n) is 4.23. The second-order valence-corrected chi connectivity index (χ2v) is 5.77. The van der Waals surface area contributed by atoms with Crippen molar-refractivity contribution in [2.45, 2.75) is 13.3 Å². The average Bonchev–Trinajstić information content (AvgIpc) is 2.96. The lowest BCUT2D eigenvalue weighted by atomic mass is 10.0. The number of carbonyl (C=O) groups excluding carboxylic acids is 1. The van der Waals surface area contributed by atoms with Gasteiger partial charge < -0.3 is 15.0 Å². The number of methoxy groups -OCH3 is 1. The van der Waals surface area contributed by atoms with E-state index in [1.165, 1.54) is 16.8 Å². The van der Waals surface area contributed by atoms with E-state index in [4.69, 9.17) is 4.74 Å². The van der Waals surface area contributed by atoms with Crippen LogP contribution in [-0.2, 0) is 11.2 Å². The first-order valence-corrected chi connectivity index (χ1v) is 7.95. The quantitative estimate of drug-likeness (QED) is 0.923. The summed E-state index contributed by atoms with van der Waals surface area (Å²) >= 11 is 0. The molecule has 0 aliphatic carbocycles. The number of hydrogen-bond acceptors (Lipinski definition) is 3. The molecule has 120 valence electrons. The SMILES string of the molecule is COc1cc2c(cc1-c1ccccc1)CCN2CCNC(C)=O. The maximum Gasteiger partial charge on any atom is 0.216 e. The van der Waals surface area contributed by atoms with Crippen LogP contribution in [0.25, 0.3) is 11.1 Å². The molecule has 0 radical (unpaired) electrons. The van der Waals surface area contributed by atoms with Gasteiger partial charge in [0.15, 0.2) is 0 Å². The summed E-state index contributed by atoms with van der Waals surface area (Å²) in [5.74, 6) is 0.905. The van der Waals surface area contributed by atoms with Crippen LogP contribution in [0.3, 0.4) is 0 Å². The molecule has 0 atom stereocenters. The summed E-state index contributed by atoms with van der Waals surface area (Å²) in [6, 6.07) is 14.7. The number of nitrogens with one attached hydrogen (secondary N) is 1. The molecule has 1 N–H and O–H groups in total. The number of rotatable bonds is 5. The molecular weight excluding hydrogens is 288 g/mol. The number of benzene rings is 2. The fraction of sp³-hybridized carbons (Fsp3) is 0.316. The number of hydrogen-bond donors (Lipinski definition) is 1. The number of fused-ring (bicyclic) bond motifs is 1. The molecule has 23 heavy (non-hydrogen) atoms. The lowest BCUT2D eigenvalue weighted by molar-refractivity contribution is -0.118. The zero-order valence-corrected chi connectivity index (χ0v) is 13.6. The number of carbonyl (C=O) groups is 1. The summed E-state index contributed by atoms with van der Waals surface area (Å²) in [6.45, 7) is 4.02. The van der Waals surface area contributed by atoms with Crippen molar-refractivity contribution in [3.8, 4) is 16.9 Å². The predicted octanol–water partition coefficient (Wildman–Crippen LogP) is 2.86. The highest BCUT2D eigenvalue weighted by atomic mass is 16.5. The van der Waals surface area contributed by atoms with Crippen LogP contribution >= 0.6 is 0 Å². The van der Waals surface area contributed by atoms with Crippen LogP contribution in [0, 0.1) is 0 Å². The van der Waals surface area contributed by atoms with Gasteiger partial charge in [0.25, 0.3) is 0 Å². The molecule has 1 aliphatic rings. The minimum absolute atomic E-state index is 0.0152. The molecule has 0 fully saturated rings. The summed E-state index contributed by atoms with van der Waals surface area (Å²) in [7, 11) is 1.71. The molecule has 3 rings (SSSR count). The fourth-order valence-electron chi connectivity index (χ4n) is 3.10. The van der Waals surface area contributed by atoms with Gasteiger partial charge in [0.1, 0.15) is 5.75 Å². The van der Waals surface area contributed by atoms with Gasteiger partial charge in [-0.25, -0.2) is 0 Å². The Morgan fingerprint density at radius 3 is 2.74 bits per heavy atom. The van der Waals surface area contributed by atoms with Gasteiger partial charge in [-0.3, -0.25) is 4.79 Å². The third-order valence-corrected chi connectivity index (χ3v) is 4.23. The highest BCUT2D eigenvalue weighted by molar-refractivity contribution is 5.77. The van der Waals surface area contributed by atoms with Gasteiger partial charge in [-0.15, -0.1) is 0 Å². The first kappa shape index (κ1) is 15.4. The van der Waals surface area contributed by atoms with Crippen LogP contribution < -0.4 is 15.0 Å². The Hall–Kier alpha value is -2.49. The topological polar surface area (TPSA) is 41.6 Å². The van der Waals surface area contributed by atoms with Crippen LogP contribution in [0.4, 0.5) is 5.69 Å². The largest absolute Gasteiger partial charge is 0.496 e. The lowest BCUT2D eigenvalue weighted by Crippen LogP contribution is -2.32. The second kappa shape index (κ2) is 6.73. The van der Waals surface area contributed by atoms with Gasteiger partial charge in [0.2, 0.25) is 5.91 Å². The van der Waals surface area contributed by atoms with Crippen LogP contribution in [0.1, 0.15) is 12.5 Å². The van der Waals surface area contributed by atoms with Gasteiger partial charge in [-0.05, 0) is 23.6 Å². The van der Waals surface area contributed by atoms with E-state index < -0.39 is 0 Å². The summed E-state index contributed by atoms with van der Waals surface area (Å²) in [5.41, 5.74) is 4.86. The van der Waals surface area contributed by atoms with Crippen molar-refractivity contribution in [3.63, 3.8) is 0 Å². The van der Waals surface area contributed by atoms with Crippen molar-refractivity contribution in [3.05, 3.63) is 48.0 Å². The Labute approximate surface area is 137 Å². The van der Waals surface area contributed by atoms with Crippen LogP contribution in [0.2, 0.25) is 0 Å². The van der Waals surface area contributed by atoms with Crippen molar-refractivity contribution >= 4 is 11.6 Å². The van der Waals surface area contributed by atoms with Crippen LogP contribution in [-0.4, -0.2) is 32.7 Å². The fourth-order valence-corrected chi connectivity index (χ4v) is 3.10. The predicted molar refractivity (Wildman–Crippen MR) is 93.0 cm³/mol. The summed E-state index contributed by atoms with van der Waals surface area (Å²) in [4.78, 5) is 13.3. The third kappa shape index (κ3) is 3.31. The molecule has 2 aromatic rings. The number of ether oxygens (including phenoxy) is 1. The minimum Gasteiger partial charge on any atom is -0.496 e. The Balaban J connectivity index is 1.87. The van der Waals surface area contributed by atoms with Crippen molar-refractivity contribution in [2.24, 2.45) is 0 Å². The van der Waals surface area contributed by atoms with E-state index in [1.807, 2.05) is 18.2 Å². The van der Waals surface area contributed by atoms with Crippen molar-refractivity contribution in [1.29, 1.82) is 0 Å². The molecule has 0 bridgehead atoms. The zero-order valence-electron chi connectivity index (χ0n) is 13.6. The Morgan fingerprint density at radius 1 is 1.26 bits per heavy atom. The number of anilines is 1. The van der Waals surface area contributed by atoms with Gasteiger partial charge in [-0.1, -0.05) is 30.3 Å². The van der Waals surface area contributed by atoms with Crippen molar-refractivity contribution < 1.29 is 9.53 Å². The van der Waals surface area contributed by atoms with Gasteiger partial charge >= 0.3 is 0 Å². The summed E-state index contributed by atoms with van der Waals surface area (Å²) < 4.78 is 5.62. The van der Waals surface area contributed by atoms with E-state index in [0.717, 1.165) is 30.8 Å². The number of nitrogens with zero attached hydrogens (tertiary/aromatic N) is 1. The highest BCUT2D eigenvalue weighted by Crippen LogP contribution is 2.39. The maximum absolute atomic E-state index is 11.0. The molecule has 1 aliphatic heterocycles. The highest BCUT2D eigenvalue weighted by Gasteiger charge is 2.22. The van der Waals surface area contributed by atoms with Crippen molar-refractivity contribution in [1.82, 2.24) is 5.32 Å². The minimum atomic E-state index is 0.0152. The molecule has 2 aromatic carbocycles. The molecule has 1 amide bonds. The summed E-state index contributed by atoms with van der Waals surface area (Å²) in [6.07, 6.45) is 1.03. The van der Waals surface area contributed by atoms with E-state index in [9.17, 15) is 4.79 Å². The first-order chi connectivity index (χ1) is 11.2. The van der Waals surface area contributed by atoms with Gasteiger partial charge in [0, 0.05) is 43.9 Å². The van der Waals surface area contributed by atoms with Crippen LogP contribution in [0.15, 0.2) is 42.5 Å². The lowest BCUT2D eigenvalue weighted by Gasteiger charge is -2.21. The normalized spacial score (nSPS) is 12.9. The molecule has 0 spiro atoms. The molecular formula is C19H22N2O2. The molecule has 0 saturated heterocycles. The molecule has 1 heterocycles. The molecule has 0 saturated carbocycles. The first-order valence-electron chi connectivity index (χ1n) is 7.95. The van der Waals surface area contributed by atoms with Gasteiger partial charge in [-0.2, -0.15) is 0 Å². The summed E-state index contributed by atoms with van der Waals surface area (Å²) in [5, 5.41) is 2.86. The molecule has 4 nitrogen and oxygen atoms in total. The zero-order chi connectivity index (χ0) is 16.2. The van der Waals surface area contributed by atoms with Gasteiger partial charge in [0.05, 0.1) is 7.11 Å². The van der Waals surface area contributed by atoms with E-state index >= 15 is 0 Å². The standard InChI is InChI=1S/C19H22N2O2/c1-14(22)20-9-11-21-10-8-16-12-17(15-6-4-3-5-7-15)19(23-2)13-18(16)21/h3-7,12-13H,8-11H2,1-2H3,(H,20,22). The monoisotopic (exact) mass is 310 g/mol. The van der Waals surface area contributed by atoms with E-state index in [1.54, 1.807) is 14.0 Å². The Kier molecular flexibility index (Phi) is 4.51. The molecule has 0 aromatic heterocycles. The maximum atomic E-state index is 11.0. The van der Waals surface area contributed by atoms with E-state index in [2.05, 4.69) is 34.5 Å². The van der Waals surface area contributed by atoms with Crippen molar-refractivity contribution in [2.75, 3.05) is 31.6 Å². The average molecular weight is 310 g/mol. The smallest absolute Gasteiger partial charge is 0.216 e. The van der Waals surface area contributed by atoms with E-state index in [0.29, 0.717) is 6.54 Å². The molecule has 0 unspecified atom stereocenters. The number of amides is 1. The Morgan fingerprint density at radius 2 is 2.04 bits per heavy atom. The Bertz CT molecular complexity index is 698.